The lowest BCUT2D eigenvalue weighted by molar-refractivity contribution is -0.136. The highest BCUT2D eigenvalue weighted by molar-refractivity contribution is 9.10. The van der Waals surface area contributed by atoms with Crippen LogP contribution in [0.1, 0.15) is 19.4 Å². The van der Waals surface area contributed by atoms with Crippen molar-refractivity contribution >= 4 is 33.9 Å². The van der Waals surface area contributed by atoms with E-state index in [1.54, 1.807) is 19.1 Å². The fourth-order valence-corrected chi connectivity index (χ4v) is 2.78. The summed E-state index contributed by atoms with van der Waals surface area (Å²) in [5.74, 6) is -0.817. The first kappa shape index (κ1) is 16.3. The Kier molecular flexibility index (Phi) is 4.71. The normalized spacial score (nSPS) is 16.6. The van der Waals surface area contributed by atoms with Crippen LogP contribution in [0.25, 0.3) is 6.08 Å². The molecule has 5 nitrogen and oxygen atoms in total. The van der Waals surface area contributed by atoms with Gasteiger partial charge in [-0.05, 0) is 38.1 Å². The molecule has 0 unspecified atom stereocenters. The molecule has 0 aromatic heterocycles. The lowest BCUT2D eigenvalue weighted by Gasteiger charge is -2.14. The summed E-state index contributed by atoms with van der Waals surface area (Å²) in [6, 6.07) is 4.88. The molecule has 0 bridgehead atoms. The molecule has 0 spiro atoms. The number of nitrogens with zero attached hydrogens (tertiary/aromatic N) is 1. The molecule has 116 valence electrons. The summed E-state index contributed by atoms with van der Waals surface area (Å²) < 4.78 is 5.54. The second-order valence-electron chi connectivity index (χ2n) is 4.76. The van der Waals surface area contributed by atoms with Crippen molar-refractivity contribution in [3.8, 4) is 5.75 Å². The smallest absolute Gasteiger partial charge is 0.340 e. The van der Waals surface area contributed by atoms with Crippen LogP contribution in [-0.4, -0.2) is 35.5 Å². The molecule has 1 N–H and O–H groups in total. The van der Waals surface area contributed by atoms with Gasteiger partial charge in [0.2, 0.25) is 0 Å². The Morgan fingerprint density at radius 1 is 1.45 bits per heavy atom. The number of carbonyl (C=O) groups is 2. The predicted molar refractivity (Wildman–Crippen MR) is 85.9 cm³/mol. The summed E-state index contributed by atoms with van der Waals surface area (Å²) >= 11 is 3.32. The number of phenolic OH excluding ortho intramolecular Hbond substituents is 1. The summed E-state index contributed by atoms with van der Waals surface area (Å²) in [6.07, 6.45) is 1.51. The Hall–Kier alpha value is -2.08. The second-order valence-corrected chi connectivity index (χ2v) is 5.68. The van der Waals surface area contributed by atoms with Gasteiger partial charge < -0.3 is 14.7 Å². The van der Waals surface area contributed by atoms with Crippen molar-refractivity contribution in [3.05, 3.63) is 45.1 Å². The van der Waals surface area contributed by atoms with Crippen LogP contribution in [0.15, 0.2) is 39.5 Å². The van der Waals surface area contributed by atoms with E-state index in [-0.39, 0.29) is 22.8 Å². The van der Waals surface area contributed by atoms with E-state index >= 15 is 0 Å². The minimum Gasteiger partial charge on any atom is -0.507 e. The molecule has 1 heterocycles. The van der Waals surface area contributed by atoms with Crippen LogP contribution in [0.2, 0.25) is 0 Å². The number of halogens is 1. The maximum Gasteiger partial charge on any atom is 0.340 e. The van der Waals surface area contributed by atoms with Crippen LogP contribution in [-0.2, 0) is 14.3 Å². The van der Waals surface area contributed by atoms with Gasteiger partial charge in [0.25, 0.3) is 5.91 Å². The lowest BCUT2D eigenvalue weighted by atomic mass is 10.0. The Labute approximate surface area is 137 Å². The SMILES string of the molecule is CCN1C(=O)/C(=C\c2cc(Br)ccc2O)C(C(=O)OC)=C1C. The zero-order chi connectivity index (χ0) is 16.4. The molecule has 22 heavy (non-hydrogen) atoms. The van der Waals surface area contributed by atoms with Crippen molar-refractivity contribution in [1.29, 1.82) is 0 Å². The van der Waals surface area contributed by atoms with Crippen molar-refractivity contribution in [3.63, 3.8) is 0 Å². The molecule has 0 atom stereocenters. The molecule has 1 aliphatic rings. The van der Waals surface area contributed by atoms with E-state index < -0.39 is 5.97 Å². The molecular weight excluding hydrogens is 350 g/mol. The van der Waals surface area contributed by atoms with Crippen LogP contribution >= 0.6 is 15.9 Å². The maximum absolute atomic E-state index is 12.5. The van der Waals surface area contributed by atoms with Crippen molar-refractivity contribution < 1.29 is 19.4 Å². The van der Waals surface area contributed by atoms with Crippen LogP contribution in [0.5, 0.6) is 5.75 Å². The minimum absolute atomic E-state index is 0.0281. The van der Waals surface area contributed by atoms with Crippen LogP contribution in [0.3, 0.4) is 0 Å². The highest BCUT2D eigenvalue weighted by Gasteiger charge is 2.36. The van der Waals surface area contributed by atoms with Crippen LogP contribution in [0.4, 0.5) is 0 Å². The third-order valence-corrected chi connectivity index (χ3v) is 4.00. The molecule has 6 heteroatoms. The molecule has 0 fully saturated rings. The van der Waals surface area contributed by atoms with Gasteiger partial charge in [0.05, 0.1) is 18.3 Å². The Balaban J connectivity index is 2.61. The van der Waals surface area contributed by atoms with Gasteiger partial charge in [-0.3, -0.25) is 4.79 Å². The van der Waals surface area contributed by atoms with Gasteiger partial charge in [-0.1, -0.05) is 15.9 Å². The highest BCUT2D eigenvalue weighted by Crippen LogP contribution is 2.33. The number of benzene rings is 1. The Morgan fingerprint density at radius 3 is 2.73 bits per heavy atom. The largest absolute Gasteiger partial charge is 0.507 e. The molecule has 2 rings (SSSR count). The monoisotopic (exact) mass is 365 g/mol. The molecule has 0 radical (unpaired) electrons. The molecule has 0 saturated heterocycles. The molecule has 0 saturated carbocycles. The highest BCUT2D eigenvalue weighted by atomic mass is 79.9. The number of rotatable bonds is 3. The first-order valence-corrected chi connectivity index (χ1v) is 7.51. The third kappa shape index (κ3) is 2.78. The minimum atomic E-state index is -0.567. The summed E-state index contributed by atoms with van der Waals surface area (Å²) in [4.78, 5) is 26.0. The van der Waals surface area contributed by atoms with E-state index in [9.17, 15) is 14.7 Å². The van der Waals surface area contributed by atoms with Gasteiger partial charge in [-0.2, -0.15) is 0 Å². The van der Waals surface area contributed by atoms with Crippen molar-refractivity contribution in [2.75, 3.05) is 13.7 Å². The number of allylic oxidation sites excluding steroid dienone is 1. The van der Waals surface area contributed by atoms with Gasteiger partial charge in [0.15, 0.2) is 0 Å². The van der Waals surface area contributed by atoms with E-state index in [4.69, 9.17) is 4.74 Å². The van der Waals surface area contributed by atoms with Gasteiger partial charge in [-0.25, -0.2) is 4.79 Å². The number of likely N-dealkylation sites (N-methyl/N-ethyl adjacent to an activating group) is 1. The summed E-state index contributed by atoms with van der Waals surface area (Å²) in [6.45, 7) is 3.98. The van der Waals surface area contributed by atoms with Crippen molar-refractivity contribution in [2.45, 2.75) is 13.8 Å². The van der Waals surface area contributed by atoms with Crippen molar-refractivity contribution in [1.82, 2.24) is 4.90 Å². The standard InChI is InChI=1S/C16H16BrNO4/c1-4-18-9(2)14(16(21)22-3)12(15(18)20)8-10-7-11(17)5-6-13(10)19/h5-8,19H,4H2,1-3H3/b12-8-. The van der Waals surface area contributed by atoms with E-state index in [1.807, 2.05) is 6.92 Å². The van der Waals surface area contributed by atoms with E-state index in [0.29, 0.717) is 17.8 Å². The number of hydrogen-bond donors (Lipinski definition) is 1. The van der Waals surface area contributed by atoms with Crippen molar-refractivity contribution in [2.24, 2.45) is 0 Å². The number of hydrogen-bond acceptors (Lipinski definition) is 4. The Morgan fingerprint density at radius 2 is 2.14 bits per heavy atom. The first-order chi connectivity index (χ1) is 10.4. The molecule has 1 aliphatic heterocycles. The van der Waals surface area contributed by atoms with E-state index in [2.05, 4.69) is 15.9 Å². The molecule has 1 aromatic carbocycles. The van der Waals surface area contributed by atoms with E-state index in [1.165, 1.54) is 24.2 Å². The number of aromatic hydroxyl groups is 1. The van der Waals surface area contributed by atoms with Crippen LogP contribution in [0, 0.1) is 0 Å². The zero-order valence-electron chi connectivity index (χ0n) is 12.5. The van der Waals surface area contributed by atoms with Gasteiger partial charge in [0.1, 0.15) is 5.75 Å². The van der Waals surface area contributed by atoms with Gasteiger partial charge in [0, 0.05) is 22.3 Å². The number of amides is 1. The van der Waals surface area contributed by atoms with Gasteiger partial charge in [-0.15, -0.1) is 0 Å². The number of carbonyl (C=O) groups excluding carboxylic acids is 2. The maximum atomic E-state index is 12.5. The zero-order valence-corrected chi connectivity index (χ0v) is 14.1. The topological polar surface area (TPSA) is 66.8 Å². The van der Waals surface area contributed by atoms with E-state index in [0.717, 1.165) is 4.47 Å². The first-order valence-electron chi connectivity index (χ1n) is 6.72. The molecule has 1 aromatic rings. The number of phenols is 1. The third-order valence-electron chi connectivity index (χ3n) is 3.51. The lowest BCUT2D eigenvalue weighted by Crippen LogP contribution is -2.24. The summed E-state index contributed by atoms with van der Waals surface area (Å²) in [5.41, 5.74) is 1.46. The Bertz CT molecular complexity index is 706. The number of ether oxygens (including phenoxy) is 1. The second kappa shape index (κ2) is 6.36. The molecule has 0 aliphatic carbocycles. The fraction of sp³-hybridized carbons (Fsp3) is 0.250. The molecular formula is C16H16BrNO4. The van der Waals surface area contributed by atoms with Gasteiger partial charge >= 0.3 is 5.97 Å². The predicted octanol–water partition coefficient (Wildman–Crippen LogP) is 2.85. The summed E-state index contributed by atoms with van der Waals surface area (Å²) in [5, 5.41) is 9.93. The van der Waals surface area contributed by atoms with Crippen LogP contribution < -0.4 is 0 Å². The average molecular weight is 366 g/mol. The summed E-state index contributed by atoms with van der Waals surface area (Å²) in [7, 11) is 1.27. The average Bonchev–Trinajstić information content (AvgIpc) is 2.73. The number of esters is 1. The fourth-order valence-electron chi connectivity index (χ4n) is 2.41. The molecule has 1 amide bonds. The quantitative estimate of drug-likeness (QED) is 0.660. The number of methoxy groups -OCH3 is 1.